The Morgan fingerprint density at radius 3 is 2.22 bits per heavy atom. The predicted molar refractivity (Wildman–Crippen MR) is 146 cm³/mol. The summed E-state index contributed by atoms with van der Waals surface area (Å²) >= 11 is 0. The van der Waals surface area contributed by atoms with Gasteiger partial charge in [-0.1, -0.05) is 54.6 Å². The molecule has 5 nitrogen and oxygen atoms in total. The number of carbonyl (C=O) groups excluding carboxylic acids is 1. The monoisotopic (exact) mass is 480 g/mol. The first-order valence-electron chi connectivity index (χ1n) is 12.1. The minimum Gasteiger partial charge on any atom is -0.494 e. The fourth-order valence-electron chi connectivity index (χ4n) is 3.75. The van der Waals surface area contributed by atoms with Gasteiger partial charge in [-0.05, 0) is 85.7 Å². The van der Waals surface area contributed by atoms with Crippen molar-refractivity contribution in [2.75, 3.05) is 32.6 Å². The van der Waals surface area contributed by atoms with E-state index in [4.69, 9.17) is 9.47 Å². The Balaban J connectivity index is 1.36. The van der Waals surface area contributed by atoms with Gasteiger partial charge < -0.3 is 19.7 Å². The minimum atomic E-state index is -0.159. The van der Waals surface area contributed by atoms with Gasteiger partial charge in [0, 0.05) is 17.8 Å². The molecule has 0 unspecified atom stereocenters. The Morgan fingerprint density at radius 1 is 0.750 bits per heavy atom. The summed E-state index contributed by atoms with van der Waals surface area (Å²) in [6.07, 6.45) is 0.962. The van der Waals surface area contributed by atoms with Gasteiger partial charge in [-0.15, -0.1) is 0 Å². The lowest BCUT2D eigenvalue weighted by molar-refractivity contribution is 0.102. The van der Waals surface area contributed by atoms with Crippen LogP contribution in [0.3, 0.4) is 0 Å². The van der Waals surface area contributed by atoms with Gasteiger partial charge in [0.05, 0.1) is 6.61 Å². The van der Waals surface area contributed by atoms with Crippen molar-refractivity contribution in [2.24, 2.45) is 0 Å². The van der Waals surface area contributed by atoms with Gasteiger partial charge in [-0.2, -0.15) is 0 Å². The summed E-state index contributed by atoms with van der Waals surface area (Å²) in [5.41, 5.74) is 4.38. The maximum Gasteiger partial charge on any atom is 0.255 e. The van der Waals surface area contributed by atoms with E-state index in [1.165, 1.54) is 0 Å². The largest absolute Gasteiger partial charge is 0.494 e. The molecule has 0 bridgehead atoms. The number of ether oxygens (including phenoxy) is 2. The molecule has 4 rings (SSSR count). The highest BCUT2D eigenvalue weighted by Crippen LogP contribution is 2.26. The van der Waals surface area contributed by atoms with Gasteiger partial charge in [0.2, 0.25) is 0 Å². The lowest BCUT2D eigenvalue weighted by atomic mass is 10.0. The number of carbonyl (C=O) groups is 1. The second-order valence-corrected chi connectivity index (χ2v) is 8.87. The SMILES string of the molecule is CN(C)CCCOc1ccc(NC(=O)c2cccc(-c3cccc(OCc4ccccc4)c3)c2)cc1. The van der Waals surface area contributed by atoms with E-state index in [0.29, 0.717) is 18.8 Å². The van der Waals surface area contributed by atoms with Crippen molar-refractivity contribution in [2.45, 2.75) is 13.0 Å². The first-order chi connectivity index (χ1) is 17.6. The van der Waals surface area contributed by atoms with Crippen LogP contribution in [0.15, 0.2) is 103 Å². The van der Waals surface area contributed by atoms with E-state index in [9.17, 15) is 4.79 Å². The normalized spacial score (nSPS) is 10.8. The van der Waals surface area contributed by atoms with Crippen molar-refractivity contribution in [1.29, 1.82) is 0 Å². The Bertz CT molecular complexity index is 1250. The van der Waals surface area contributed by atoms with Crippen molar-refractivity contribution >= 4 is 11.6 Å². The Labute approximate surface area is 213 Å². The third-order valence-electron chi connectivity index (χ3n) is 5.67. The summed E-state index contributed by atoms with van der Waals surface area (Å²) in [7, 11) is 4.10. The molecule has 0 saturated heterocycles. The lowest BCUT2D eigenvalue weighted by Gasteiger charge is -2.11. The second-order valence-electron chi connectivity index (χ2n) is 8.87. The molecule has 0 aliphatic heterocycles. The first-order valence-corrected chi connectivity index (χ1v) is 12.1. The second kappa shape index (κ2) is 12.6. The molecule has 0 atom stereocenters. The van der Waals surface area contributed by atoms with E-state index in [-0.39, 0.29) is 5.91 Å². The van der Waals surface area contributed by atoms with Crippen molar-refractivity contribution < 1.29 is 14.3 Å². The van der Waals surface area contributed by atoms with Gasteiger partial charge in [-0.25, -0.2) is 0 Å². The lowest BCUT2D eigenvalue weighted by Crippen LogP contribution is -2.15. The molecule has 0 aliphatic carbocycles. The standard InChI is InChI=1S/C31H32N2O3/c1-33(2)19-8-20-35-29-17-15-28(16-18-29)32-31(34)27-13-6-11-25(21-27)26-12-7-14-30(22-26)36-23-24-9-4-3-5-10-24/h3-7,9-18,21-22H,8,19-20,23H2,1-2H3,(H,32,34). The van der Waals surface area contributed by atoms with Crippen molar-refractivity contribution in [3.63, 3.8) is 0 Å². The number of anilines is 1. The molecule has 184 valence electrons. The third kappa shape index (κ3) is 7.45. The van der Waals surface area contributed by atoms with Gasteiger partial charge in [-0.3, -0.25) is 4.79 Å². The van der Waals surface area contributed by atoms with Crippen LogP contribution in [0.5, 0.6) is 11.5 Å². The van der Waals surface area contributed by atoms with Crippen molar-refractivity contribution in [3.05, 3.63) is 114 Å². The maximum atomic E-state index is 12.9. The van der Waals surface area contributed by atoms with E-state index in [0.717, 1.165) is 46.8 Å². The smallest absolute Gasteiger partial charge is 0.255 e. The molecule has 0 heterocycles. The van der Waals surface area contributed by atoms with Gasteiger partial charge >= 0.3 is 0 Å². The summed E-state index contributed by atoms with van der Waals surface area (Å²) < 4.78 is 11.7. The molecule has 0 spiro atoms. The van der Waals surface area contributed by atoms with E-state index in [1.54, 1.807) is 0 Å². The van der Waals surface area contributed by atoms with E-state index in [2.05, 4.69) is 10.2 Å². The average Bonchev–Trinajstić information content (AvgIpc) is 2.91. The number of amides is 1. The predicted octanol–water partition coefficient (Wildman–Crippen LogP) is 6.52. The first kappa shape index (κ1) is 25.0. The van der Waals surface area contributed by atoms with Crippen molar-refractivity contribution in [1.82, 2.24) is 4.90 Å². The third-order valence-corrected chi connectivity index (χ3v) is 5.67. The summed E-state index contributed by atoms with van der Waals surface area (Å²) in [5, 5.41) is 2.97. The molecule has 1 amide bonds. The highest BCUT2D eigenvalue weighted by molar-refractivity contribution is 6.05. The molecule has 0 fully saturated rings. The van der Waals surface area contributed by atoms with Crippen LogP contribution in [0.2, 0.25) is 0 Å². The topological polar surface area (TPSA) is 50.8 Å². The quantitative estimate of drug-likeness (QED) is 0.249. The van der Waals surface area contributed by atoms with E-state index in [1.807, 2.05) is 117 Å². The van der Waals surface area contributed by atoms with Gasteiger partial charge in [0.1, 0.15) is 18.1 Å². The zero-order chi connectivity index (χ0) is 25.2. The van der Waals surface area contributed by atoms with E-state index < -0.39 is 0 Å². The number of benzene rings is 4. The number of hydrogen-bond acceptors (Lipinski definition) is 4. The molecule has 0 saturated carbocycles. The summed E-state index contributed by atoms with van der Waals surface area (Å²) in [5.74, 6) is 1.42. The molecular weight excluding hydrogens is 448 g/mol. The molecular formula is C31H32N2O3. The molecule has 4 aromatic rings. The minimum absolute atomic E-state index is 0.159. The molecule has 4 aromatic carbocycles. The van der Waals surface area contributed by atoms with Crippen LogP contribution < -0.4 is 14.8 Å². The molecule has 36 heavy (non-hydrogen) atoms. The van der Waals surface area contributed by atoms with Crippen LogP contribution in [-0.2, 0) is 6.61 Å². The van der Waals surface area contributed by atoms with Crippen LogP contribution in [0.4, 0.5) is 5.69 Å². The Hall–Kier alpha value is -4.09. The molecule has 1 N–H and O–H groups in total. The van der Waals surface area contributed by atoms with Crippen molar-refractivity contribution in [3.8, 4) is 22.6 Å². The van der Waals surface area contributed by atoms with Crippen LogP contribution >= 0.6 is 0 Å². The molecule has 0 radical (unpaired) electrons. The number of nitrogens with zero attached hydrogens (tertiary/aromatic N) is 1. The number of nitrogens with one attached hydrogen (secondary N) is 1. The zero-order valence-corrected chi connectivity index (χ0v) is 20.8. The van der Waals surface area contributed by atoms with Gasteiger partial charge in [0.15, 0.2) is 0 Å². The van der Waals surface area contributed by atoms with Gasteiger partial charge in [0.25, 0.3) is 5.91 Å². The highest BCUT2D eigenvalue weighted by Gasteiger charge is 2.09. The average molecular weight is 481 g/mol. The zero-order valence-electron chi connectivity index (χ0n) is 20.8. The number of rotatable bonds is 11. The number of hydrogen-bond donors (Lipinski definition) is 1. The fraction of sp³-hybridized carbons (Fsp3) is 0.194. The van der Waals surface area contributed by atoms with Crippen LogP contribution in [0.25, 0.3) is 11.1 Å². The van der Waals surface area contributed by atoms with Crippen LogP contribution in [0.1, 0.15) is 22.3 Å². The maximum absolute atomic E-state index is 12.9. The van der Waals surface area contributed by atoms with E-state index >= 15 is 0 Å². The summed E-state index contributed by atoms with van der Waals surface area (Å²) in [6.45, 7) is 2.15. The highest BCUT2D eigenvalue weighted by atomic mass is 16.5. The molecule has 0 aromatic heterocycles. The molecule has 0 aliphatic rings. The Morgan fingerprint density at radius 2 is 1.47 bits per heavy atom. The summed E-state index contributed by atoms with van der Waals surface area (Å²) in [6, 6.07) is 33.1. The molecule has 5 heteroatoms. The fourth-order valence-corrected chi connectivity index (χ4v) is 3.75. The van der Waals surface area contributed by atoms with Crippen LogP contribution in [-0.4, -0.2) is 38.1 Å². The Kier molecular flexibility index (Phi) is 8.73. The van der Waals surface area contributed by atoms with Crippen LogP contribution in [0, 0.1) is 0 Å². The summed E-state index contributed by atoms with van der Waals surface area (Å²) in [4.78, 5) is 15.0.